The zero-order chi connectivity index (χ0) is 13.4. The molecule has 0 N–H and O–H groups in total. The van der Waals surface area contributed by atoms with Crippen molar-refractivity contribution < 1.29 is 0 Å². The Kier molecular flexibility index (Phi) is 2.62. The number of rotatable bonds is 2. The summed E-state index contributed by atoms with van der Waals surface area (Å²) < 4.78 is 1.77. The number of fused-ring (bicyclic) bond motifs is 1. The second-order valence-corrected chi connectivity index (χ2v) is 5.06. The fraction of sp³-hybridized carbons (Fsp3) is 0.267. The van der Waals surface area contributed by atoms with Crippen molar-refractivity contribution in [3.05, 3.63) is 42.7 Å². The Balaban J connectivity index is 1.76. The molecule has 3 aromatic rings. The summed E-state index contributed by atoms with van der Waals surface area (Å²) in [4.78, 5) is 11.1. The monoisotopic (exact) mass is 265 g/mol. The molecule has 1 aliphatic rings. The van der Waals surface area contributed by atoms with Gasteiger partial charge in [-0.1, -0.05) is 30.3 Å². The topological polar surface area (TPSA) is 46.3 Å². The normalized spacial score (nSPS) is 15.1. The van der Waals surface area contributed by atoms with E-state index in [1.54, 1.807) is 4.52 Å². The summed E-state index contributed by atoms with van der Waals surface area (Å²) >= 11 is 0. The highest BCUT2D eigenvalue weighted by Gasteiger charge is 2.17. The van der Waals surface area contributed by atoms with Gasteiger partial charge in [-0.25, -0.2) is 9.50 Å². The Hall–Kier alpha value is -2.43. The molecule has 1 aliphatic heterocycles. The molecule has 0 amide bonds. The van der Waals surface area contributed by atoms with Crippen LogP contribution in [0.4, 0.5) is 5.95 Å². The molecule has 1 saturated heterocycles. The first kappa shape index (κ1) is 11.4. The van der Waals surface area contributed by atoms with Crippen molar-refractivity contribution in [2.24, 2.45) is 0 Å². The standard InChI is InChI=1S/C15H15N5/c1-2-6-12(7-3-1)13-10-16-14-17-15(18-20(14)11-13)19-8-4-5-9-19/h1-3,6-7,10-11H,4-5,8-9H2. The quantitative estimate of drug-likeness (QED) is 0.713. The first-order valence-electron chi connectivity index (χ1n) is 6.93. The molecule has 4 rings (SSSR count). The summed E-state index contributed by atoms with van der Waals surface area (Å²) in [6, 6.07) is 10.2. The highest BCUT2D eigenvalue weighted by atomic mass is 15.4. The van der Waals surface area contributed by atoms with E-state index in [1.807, 2.05) is 30.6 Å². The maximum Gasteiger partial charge on any atom is 0.253 e. The lowest BCUT2D eigenvalue weighted by atomic mass is 10.1. The summed E-state index contributed by atoms with van der Waals surface area (Å²) in [5.41, 5.74) is 2.19. The van der Waals surface area contributed by atoms with Gasteiger partial charge in [0.05, 0.1) is 0 Å². The molecular weight excluding hydrogens is 250 g/mol. The van der Waals surface area contributed by atoms with E-state index in [0.29, 0.717) is 5.78 Å². The molecule has 5 nitrogen and oxygen atoms in total. The molecule has 100 valence electrons. The minimum Gasteiger partial charge on any atom is -0.339 e. The summed E-state index contributed by atoms with van der Waals surface area (Å²) in [6.45, 7) is 2.09. The van der Waals surface area contributed by atoms with Crippen LogP contribution in [0.1, 0.15) is 12.8 Å². The third-order valence-corrected chi connectivity index (χ3v) is 3.68. The van der Waals surface area contributed by atoms with Gasteiger partial charge in [0.25, 0.3) is 5.78 Å². The zero-order valence-corrected chi connectivity index (χ0v) is 11.1. The van der Waals surface area contributed by atoms with Gasteiger partial charge in [-0.3, -0.25) is 0 Å². The van der Waals surface area contributed by atoms with Crippen molar-refractivity contribution in [1.82, 2.24) is 19.6 Å². The van der Waals surface area contributed by atoms with Crippen LogP contribution >= 0.6 is 0 Å². The highest BCUT2D eigenvalue weighted by molar-refractivity contribution is 5.62. The van der Waals surface area contributed by atoms with Crippen LogP contribution in [-0.4, -0.2) is 32.7 Å². The van der Waals surface area contributed by atoms with Gasteiger partial charge in [0.15, 0.2) is 0 Å². The van der Waals surface area contributed by atoms with E-state index < -0.39 is 0 Å². The van der Waals surface area contributed by atoms with Gasteiger partial charge in [0.2, 0.25) is 5.95 Å². The lowest BCUT2D eigenvalue weighted by Gasteiger charge is -2.10. The molecule has 0 atom stereocenters. The molecule has 0 aliphatic carbocycles. The van der Waals surface area contributed by atoms with Gasteiger partial charge < -0.3 is 4.90 Å². The van der Waals surface area contributed by atoms with Crippen molar-refractivity contribution in [3.8, 4) is 11.1 Å². The third-order valence-electron chi connectivity index (χ3n) is 3.68. The van der Waals surface area contributed by atoms with E-state index in [9.17, 15) is 0 Å². The Bertz CT molecular complexity index is 728. The number of benzene rings is 1. The summed E-state index contributed by atoms with van der Waals surface area (Å²) in [7, 11) is 0. The molecule has 1 aromatic carbocycles. The van der Waals surface area contributed by atoms with E-state index >= 15 is 0 Å². The van der Waals surface area contributed by atoms with Crippen LogP contribution in [0, 0.1) is 0 Å². The van der Waals surface area contributed by atoms with Crippen LogP contribution in [0.2, 0.25) is 0 Å². The Labute approximate surface area is 116 Å². The Morgan fingerprint density at radius 3 is 2.55 bits per heavy atom. The largest absolute Gasteiger partial charge is 0.339 e. The number of nitrogens with zero attached hydrogens (tertiary/aromatic N) is 5. The number of anilines is 1. The first-order chi connectivity index (χ1) is 9.90. The molecule has 1 fully saturated rings. The van der Waals surface area contributed by atoms with Crippen LogP contribution in [0.25, 0.3) is 16.9 Å². The summed E-state index contributed by atoms with van der Waals surface area (Å²) in [5, 5.41) is 4.55. The second kappa shape index (κ2) is 4.59. The molecule has 0 saturated carbocycles. The lowest BCUT2D eigenvalue weighted by Crippen LogP contribution is -2.19. The smallest absolute Gasteiger partial charge is 0.253 e. The van der Waals surface area contributed by atoms with Gasteiger partial charge in [-0.2, -0.15) is 4.98 Å². The molecule has 3 heterocycles. The maximum atomic E-state index is 4.55. The van der Waals surface area contributed by atoms with Crippen LogP contribution in [-0.2, 0) is 0 Å². The zero-order valence-electron chi connectivity index (χ0n) is 11.1. The average Bonchev–Trinajstić information content (AvgIpc) is 3.16. The Morgan fingerprint density at radius 2 is 1.75 bits per heavy atom. The van der Waals surface area contributed by atoms with Crippen molar-refractivity contribution in [2.75, 3.05) is 18.0 Å². The Morgan fingerprint density at radius 1 is 0.950 bits per heavy atom. The molecule has 0 unspecified atom stereocenters. The molecule has 2 aromatic heterocycles. The van der Waals surface area contributed by atoms with Crippen LogP contribution < -0.4 is 4.90 Å². The predicted molar refractivity (Wildman–Crippen MR) is 77.7 cm³/mol. The van der Waals surface area contributed by atoms with Gasteiger partial charge in [-0.15, -0.1) is 5.10 Å². The van der Waals surface area contributed by atoms with Crippen molar-refractivity contribution in [2.45, 2.75) is 12.8 Å². The van der Waals surface area contributed by atoms with Crippen molar-refractivity contribution >= 4 is 11.7 Å². The van der Waals surface area contributed by atoms with Gasteiger partial charge in [0, 0.05) is 31.0 Å². The second-order valence-electron chi connectivity index (χ2n) is 5.06. The molecule has 0 bridgehead atoms. The molecule has 5 heteroatoms. The van der Waals surface area contributed by atoms with E-state index in [4.69, 9.17) is 0 Å². The summed E-state index contributed by atoms with van der Waals surface area (Å²) in [6.07, 6.45) is 6.29. The van der Waals surface area contributed by atoms with Crippen molar-refractivity contribution in [3.63, 3.8) is 0 Å². The van der Waals surface area contributed by atoms with Crippen LogP contribution in [0.15, 0.2) is 42.7 Å². The first-order valence-corrected chi connectivity index (χ1v) is 6.93. The predicted octanol–water partition coefficient (Wildman–Crippen LogP) is 2.39. The van der Waals surface area contributed by atoms with E-state index in [1.165, 1.54) is 12.8 Å². The number of hydrogen-bond donors (Lipinski definition) is 0. The number of hydrogen-bond acceptors (Lipinski definition) is 4. The van der Waals surface area contributed by atoms with Gasteiger partial charge >= 0.3 is 0 Å². The van der Waals surface area contributed by atoms with E-state index in [0.717, 1.165) is 30.2 Å². The maximum absolute atomic E-state index is 4.55. The van der Waals surface area contributed by atoms with E-state index in [2.05, 4.69) is 32.1 Å². The fourth-order valence-corrected chi connectivity index (χ4v) is 2.60. The van der Waals surface area contributed by atoms with Crippen LogP contribution in [0.5, 0.6) is 0 Å². The van der Waals surface area contributed by atoms with Crippen LogP contribution in [0.3, 0.4) is 0 Å². The van der Waals surface area contributed by atoms with Crippen molar-refractivity contribution in [1.29, 1.82) is 0 Å². The molecule has 20 heavy (non-hydrogen) atoms. The molecular formula is C15H15N5. The highest BCUT2D eigenvalue weighted by Crippen LogP contribution is 2.20. The molecule has 0 spiro atoms. The van der Waals surface area contributed by atoms with Gasteiger partial charge in [-0.05, 0) is 18.4 Å². The average molecular weight is 265 g/mol. The van der Waals surface area contributed by atoms with E-state index in [-0.39, 0.29) is 0 Å². The molecule has 0 radical (unpaired) electrons. The summed E-state index contributed by atoms with van der Waals surface area (Å²) in [5.74, 6) is 1.45. The SMILES string of the molecule is c1ccc(-c2cnc3nc(N4CCCC4)nn3c2)cc1. The number of aromatic nitrogens is 4. The lowest BCUT2D eigenvalue weighted by molar-refractivity contribution is 0.872. The van der Waals surface area contributed by atoms with Gasteiger partial charge in [0.1, 0.15) is 0 Å². The fourth-order valence-electron chi connectivity index (χ4n) is 2.60. The third kappa shape index (κ3) is 1.91. The minimum atomic E-state index is 0.659. The minimum absolute atomic E-state index is 0.659.